The molecule has 0 aliphatic rings. The Morgan fingerprint density at radius 1 is 0.960 bits per heavy atom. The number of benzene rings is 1. The molecule has 2 heterocycles. The first-order valence-electron chi connectivity index (χ1n) is 8.29. The second-order valence-corrected chi connectivity index (χ2v) is 6.14. The standard InChI is InChI=1S/C21H21N3O/c1-16-6-3-4-8-20(16)15-24(14-18-7-5-11-22-12-18)21(25)19-10-9-17(2)23-13-19/h3-13H,14-15H2,1-2H3. The van der Waals surface area contributed by atoms with E-state index in [0.29, 0.717) is 18.7 Å². The van der Waals surface area contributed by atoms with Gasteiger partial charge in [0.15, 0.2) is 0 Å². The summed E-state index contributed by atoms with van der Waals surface area (Å²) < 4.78 is 0. The van der Waals surface area contributed by atoms with Gasteiger partial charge in [-0.15, -0.1) is 0 Å². The molecule has 1 amide bonds. The molecule has 0 aliphatic carbocycles. The van der Waals surface area contributed by atoms with E-state index < -0.39 is 0 Å². The molecule has 0 unspecified atom stereocenters. The highest BCUT2D eigenvalue weighted by Gasteiger charge is 2.18. The Balaban J connectivity index is 1.89. The molecule has 0 radical (unpaired) electrons. The number of hydrogen-bond donors (Lipinski definition) is 0. The molecule has 0 spiro atoms. The highest BCUT2D eigenvalue weighted by Crippen LogP contribution is 2.16. The summed E-state index contributed by atoms with van der Waals surface area (Å²) in [4.78, 5) is 23.3. The monoisotopic (exact) mass is 331 g/mol. The highest BCUT2D eigenvalue weighted by molar-refractivity contribution is 5.93. The lowest BCUT2D eigenvalue weighted by atomic mass is 10.1. The van der Waals surface area contributed by atoms with Crippen molar-refractivity contribution in [2.75, 3.05) is 0 Å². The highest BCUT2D eigenvalue weighted by atomic mass is 16.2. The molecule has 0 bridgehead atoms. The Bertz CT molecular complexity index is 845. The van der Waals surface area contributed by atoms with Crippen LogP contribution in [0.3, 0.4) is 0 Å². The predicted octanol–water partition coefficient (Wildman–Crippen LogP) is 3.94. The van der Waals surface area contributed by atoms with Gasteiger partial charge in [0.25, 0.3) is 5.91 Å². The van der Waals surface area contributed by atoms with Gasteiger partial charge in [-0.25, -0.2) is 0 Å². The van der Waals surface area contributed by atoms with Crippen LogP contribution in [0.1, 0.15) is 32.7 Å². The van der Waals surface area contributed by atoms with Gasteiger partial charge in [0.1, 0.15) is 0 Å². The molecule has 4 nitrogen and oxygen atoms in total. The van der Waals surface area contributed by atoms with Crippen LogP contribution in [0.4, 0.5) is 0 Å². The molecule has 0 saturated heterocycles. The number of aryl methyl sites for hydroxylation is 2. The molecule has 25 heavy (non-hydrogen) atoms. The summed E-state index contributed by atoms with van der Waals surface area (Å²) in [5.41, 5.74) is 4.81. The van der Waals surface area contributed by atoms with E-state index in [-0.39, 0.29) is 5.91 Å². The lowest BCUT2D eigenvalue weighted by Gasteiger charge is -2.24. The van der Waals surface area contributed by atoms with E-state index in [0.717, 1.165) is 16.8 Å². The molecule has 0 N–H and O–H groups in total. The smallest absolute Gasteiger partial charge is 0.256 e. The summed E-state index contributed by atoms with van der Waals surface area (Å²) in [6.07, 6.45) is 5.18. The topological polar surface area (TPSA) is 46.1 Å². The molecule has 0 atom stereocenters. The minimum Gasteiger partial charge on any atom is -0.330 e. The lowest BCUT2D eigenvalue weighted by molar-refractivity contribution is 0.0729. The van der Waals surface area contributed by atoms with Crippen molar-refractivity contribution in [3.8, 4) is 0 Å². The summed E-state index contributed by atoms with van der Waals surface area (Å²) in [5, 5.41) is 0. The van der Waals surface area contributed by atoms with Crippen molar-refractivity contribution in [1.29, 1.82) is 0 Å². The SMILES string of the molecule is Cc1ccc(C(=O)N(Cc2cccnc2)Cc2ccccc2C)cn1. The summed E-state index contributed by atoms with van der Waals surface area (Å²) in [5.74, 6) is -0.0281. The second-order valence-electron chi connectivity index (χ2n) is 6.14. The Hall–Kier alpha value is -3.01. The van der Waals surface area contributed by atoms with E-state index in [1.54, 1.807) is 18.6 Å². The molecular weight excluding hydrogens is 310 g/mol. The molecule has 0 saturated carbocycles. The molecule has 2 aromatic heterocycles. The minimum absolute atomic E-state index is 0.0281. The molecule has 4 heteroatoms. The van der Waals surface area contributed by atoms with Crippen LogP contribution in [0.25, 0.3) is 0 Å². The summed E-state index contributed by atoms with van der Waals surface area (Å²) >= 11 is 0. The molecule has 0 aliphatic heterocycles. The van der Waals surface area contributed by atoms with Crippen LogP contribution in [0.2, 0.25) is 0 Å². The number of amides is 1. The Kier molecular flexibility index (Phi) is 5.19. The fraction of sp³-hybridized carbons (Fsp3) is 0.190. The van der Waals surface area contributed by atoms with Crippen molar-refractivity contribution >= 4 is 5.91 Å². The van der Waals surface area contributed by atoms with Crippen molar-refractivity contribution in [3.63, 3.8) is 0 Å². The van der Waals surface area contributed by atoms with Gasteiger partial charge < -0.3 is 4.90 Å². The fourth-order valence-electron chi connectivity index (χ4n) is 2.68. The number of nitrogens with zero attached hydrogens (tertiary/aromatic N) is 3. The molecule has 3 aromatic rings. The molecule has 3 rings (SSSR count). The average molecular weight is 331 g/mol. The van der Waals surface area contributed by atoms with Gasteiger partial charge in [-0.3, -0.25) is 14.8 Å². The average Bonchev–Trinajstić information content (AvgIpc) is 2.64. The predicted molar refractivity (Wildman–Crippen MR) is 98.0 cm³/mol. The van der Waals surface area contributed by atoms with Crippen LogP contribution < -0.4 is 0 Å². The molecule has 0 fully saturated rings. The zero-order chi connectivity index (χ0) is 17.6. The maximum absolute atomic E-state index is 13.0. The minimum atomic E-state index is -0.0281. The van der Waals surface area contributed by atoms with Crippen molar-refractivity contribution in [2.24, 2.45) is 0 Å². The van der Waals surface area contributed by atoms with E-state index in [1.165, 1.54) is 5.56 Å². The van der Waals surface area contributed by atoms with Gasteiger partial charge in [-0.05, 0) is 48.7 Å². The zero-order valence-corrected chi connectivity index (χ0v) is 14.5. The van der Waals surface area contributed by atoms with Gasteiger partial charge in [0, 0.05) is 37.4 Å². The molecule has 126 valence electrons. The van der Waals surface area contributed by atoms with Crippen LogP contribution >= 0.6 is 0 Å². The van der Waals surface area contributed by atoms with Crippen molar-refractivity contribution in [3.05, 3.63) is 95.1 Å². The summed E-state index contributed by atoms with van der Waals surface area (Å²) in [6.45, 7) is 5.04. The first kappa shape index (κ1) is 16.8. The summed E-state index contributed by atoms with van der Waals surface area (Å²) in [6, 6.07) is 15.7. The maximum atomic E-state index is 13.0. The van der Waals surface area contributed by atoms with Gasteiger partial charge in [0.05, 0.1) is 5.56 Å². The number of rotatable bonds is 5. The van der Waals surface area contributed by atoms with Crippen LogP contribution in [-0.4, -0.2) is 20.8 Å². The number of aromatic nitrogens is 2. The number of carbonyl (C=O) groups excluding carboxylic acids is 1. The first-order chi connectivity index (χ1) is 12.1. The Morgan fingerprint density at radius 2 is 1.80 bits per heavy atom. The van der Waals surface area contributed by atoms with Crippen LogP contribution in [0.15, 0.2) is 67.1 Å². The number of carbonyl (C=O) groups is 1. The second kappa shape index (κ2) is 7.71. The van der Waals surface area contributed by atoms with Gasteiger partial charge in [0.2, 0.25) is 0 Å². The maximum Gasteiger partial charge on any atom is 0.256 e. The number of pyridine rings is 2. The molecular formula is C21H21N3O. The zero-order valence-electron chi connectivity index (χ0n) is 14.5. The van der Waals surface area contributed by atoms with Gasteiger partial charge >= 0.3 is 0 Å². The summed E-state index contributed by atoms with van der Waals surface area (Å²) in [7, 11) is 0. The third-order valence-electron chi connectivity index (χ3n) is 4.16. The van der Waals surface area contributed by atoms with E-state index in [4.69, 9.17) is 0 Å². The van der Waals surface area contributed by atoms with E-state index >= 15 is 0 Å². The van der Waals surface area contributed by atoms with E-state index in [2.05, 4.69) is 29.0 Å². The Morgan fingerprint density at radius 3 is 2.48 bits per heavy atom. The van der Waals surface area contributed by atoms with Crippen LogP contribution in [-0.2, 0) is 13.1 Å². The normalized spacial score (nSPS) is 10.5. The molecule has 1 aromatic carbocycles. The first-order valence-corrected chi connectivity index (χ1v) is 8.29. The van der Waals surface area contributed by atoms with Crippen LogP contribution in [0.5, 0.6) is 0 Å². The Labute approximate surface area is 148 Å². The fourth-order valence-corrected chi connectivity index (χ4v) is 2.68. The third-order valence-corrected chi connectivity index (χ3v) is 4.16. The quantitative estimate of drug-likeness (QED) is 0.711. The van der Waals surface area contributed by atoms with E-state index in [1.807, 2.05) is 48.2 Å². The largest absolute Gasteiger partial charge is 0.330 e. The third kappa shape index (κ3) is 4.29. The van der Waals surface area contributed by atoms with Gasteiger partial charge in [-0.1, -0.05) is 30.3 Å². The van der Waals surface area contributed by atoms with Crippen molar-refractivity contribution in [2.45, 2.75) is 26.9 Å². The van der Waals surface area contributed by atoms with Crippen LogP contribution in [0, 0.1) is 13.8 Å². The van der Waals surface area contributed by atoms with Crippen molar-refractivity contribution < 1.29 is 4.79 Å². The lowest BCUT2D eigenvalue weighted by Crippen LogP contribution is -2.30. The number of hydrogen-bond acceptors (Lipinski definition) is 3. The van der Waals surface area contributed by atoms with Crippen molar-refractivity contribution in [1.82, 2.24) is 14.9 Å². The van der Waals surface area contributed by atoms with Gasteiger partial charge in [-0.2, -0.15) is 0 Å². The van der Waals surface area contributed by atoms with E-state index in [9.17, 15) is 4.79 Å².